The lowest BCUT2D eigenvalue weighted by molar-refractivity contribution is 0.0727. The molecule has 8 nitrogen and oxygen atoms in total. The molecule has 3 aromatic rings. The normalized spacial score (nSPS) is 14.4. The Bertz CT molecular complexity index is 1300. The van der Waals surface area contributed by atoms with Crippen molar-refractivity contribution in [3.8, 4) is 5.75 Å². The number of carbonyl (C=O) groups excluding carboxylic acids is 2. The van der Waals surface area contributed by atoms with E-state index in [9.17, 15) is 18.0 Å². The number of benzene rings is 3. The van der Waals surface area contributed by atoms with Crippen LogP contribution in [0.1, 0.15) is 26.3 Å². The van der Waals surface area contributed by atoms with Crippen LogP contribution in [0.3, 0.4) is 0 Å². The first kappa shape index (κ1) is 23.6. The van der Waals surface area contributed by atoms with Gasteiger partial charge in [-0.15, -0.1) is 0 Å². The molecule has 4 rings (SSSR count). The number of ether oxygens (including phenoxy) is 2. The number of anilines is 1. The van der Waals surface area contributed by atoms with Gasteiger partial charge in [-0.05, 0) is 49.4 Å². The molecule has 0 aromatic heterocycles. The lowest BCUT2D eigenvalue weighted by atomic mass is 10.1. The van der Waals surface area contributed by atoms with E-state index in [-0.39, 0.29) is 35.2 Å². The van der Waals surface area contributed by atoms with Gasteiger partial charge in [-0.2, -0.15) is 4.31 Å². The van der Waals surface area contributed by atoms with Crippen molar-refractivity contribution in [2.45, 2.75) is 11.8 Å². The highest BCUT2D eigenvalue weighted by Gasteiger charge is 2.27. The van der Waals surface area contributed by atoms with Gasteiger partial charge in [0.15, 0.2) is 0 Å². The van der Waals surface area contributed by atoms with Crippen LogP contribution in [0.5, 0.6) is 5.75 Å². The Morgan fingerprint density at radius 1 is 0.912 bits per heavy atom. The minimum Gasteiger partial charge on any atom is -0.423 e. The molecule has 34 heavy (non-hydrogen) atoms. The van der Waals surface area contributed by atoms with Gasteiger partial charge in [-0.25, -0.2) is 13.2 Å². The Hall–Kier alpha value is -3.53. The molecule has 3 aromatic carbocycles. The molecule has 1 saturated heterocycles. The van der Waals surface area contributed by atoms with Gasteiger partial charge in [0.2, 0.25) is 10.0 Å². The fourth-order valence-electron chi connectivity index (χ4n) is 3.43. The molecule has 0 aliphatic carbocycles. The van der Waals surface area contributed by atoms with E-state index in [1.165, 1.54) is 34.6 Å². The predicted octanol–water partition coefficient (Wildman–Crippen LogP) is 3.49. The highest BCUT2D eigenvalue weighted by molar-refractivity contribution is 7.89. The van der Waals surface area contributed by atoms with Gasteiger partial charge in [-0.1, -0.05) is 29.8 Å². The van der Waals surface area contributed by atoms with Gasteiger partial charge in [-0.3, -0.25) is 4.79 Å². The summed E-state index contributed by atoms with van der Waals surface area (Å²) in [4.78, 5) is 25.2. The highest BCUT2D eigenvalue weighted by Crippen LogP contribution is 2.22. The van der Waals surface area contributed by atoms with Crippen LogP contribution in [0.25, 0.3) is 0 Å². The number of sulfonamides is 1. The maximum absolute atomic E-state index is 12.9. The van der Waals surface area contributed by atoms with Crippen LogP contribution >= 0.6 is 0 Å². The van der Waals surface area contributed by atoms with Crippen molar-refractivity contribution in [2.24, 2.45) is 0 Å². The fraction of sp³-hybridized carbons (Fsp3) is 0.200. The maximum Gasteiger partial charge on any atom is 0.343 e. The molecule has 0 atom stereocenters. The number of hydrogen-bond donors (Lipinski definition) is 1. The molecular formula is C25H24N2O6S. The van der Waals surface area contributed by atoms with E-state index < -0.39 is 16.0 Å². The molecule has 1 N–H and O–H groups in total. The number of hydrogen-bond acceptors (Lipinski definition) is 6. The van der Waals surface area contributed by atoms with E-state index in [1.54, 1.807) is 30.3 Å². The second-order valence-corrected chi connectivity index (χ2v) is 9.72. The SMILES string of the molecule is Cc1ccc(C(=O)Nc2cccc(OC(=O)c3cccc(S(=O)(=O)N4CCOCC4)c3)c2)cc1. The average molecular weight is 481 g/mol. The van der Waals surface area contributed by atoms with Crippen LogP contribution in [0.2, 0.25) is 0 Å². The molecule has 1 amide bonds. The number of carbonyl (C=O) groups is 2. The zero-order valence-electron chi connectivity index (χ0n) is 18.6. The molecule has 1 fully saturated rings. The molecule has 0 spiro atoms. The first-order valence-electron chi connectivity index (χ1n) is 10.7. The number of morpholine rings is 1. The Morgan fingerprint density at radius 2 is 1.62 bits per heavy atom. The third kappa shape index (κ3) is 5.51. The Labute approximate surface area is 198 Å². The Kier molecular flexibility index (Phi) is 7.06. The van der Waals surface area contributed by atoms with Gasteiger partial charge in [0, 0.05) is 30.4 Å². The summed E-state index contributed by atoms with van der Waals surface area (Å²) in [7, 11) is -3.74. The number of aryl methyl sites for hydroxylation is 1. The van der Waals surface area contributed by atoms with Crippen LogP contribution in [-0.2, 0) is 14.8 Å². The molecule has 0 unspecified atom stereocenters. The first-order valence-corrected chi connectivity index (χ1v) is 12.2. The highest BCUT2D eigenvalue weighted by atomic mass is 32.2. The summed E-state index contributed by atoms with van der Waals surface area (Å²) in [5.41, 5.74) is 2.11. The molecule has 1 aliphatic rings. The Morgan fingerprint density at radius 3 is 2.35 bits per heavy atom. The second kappa shape index (κ2) is 10.2. The summed E-state index contributed by atoms with van der Waals surface area (Å²) in [6.45, 7) is 3.12. The summed E-state index contributed by atoms with van der Waals surface area (Å²) in [5, 5.41) is 2.77. The van der Waals surface area contributed by atoms with E-state index in [1.807, 2.05) is 19.1 Å². The van der Waals surface area contributed by atoms with Crippen LogP contribution < -0.4 is 10.1 Å². The van der Waals surface area contributed by atoms with Crippen LogP contribution in [0.4, 0.5) is 5.69 Å². The van der Waals surface area contributed by atoms with Gasteiger partial charge in [0.05, 0.1) is 23.7 Å². The van der Waals surface area contributed by atoms with Crippen molar-refractivity contribution >= 4 is 27.6 Å². The molecule has 0 bridgehead atoms. The predicted molar refractivity (Wildman–Crippen MR) is 127 cm³/mol. The van der Waals surface area contributed by atoms with Crippen molar-refractivity contribution < 1.29 is 27.5 Å². The number of esters is 1. The molecular weight excluding hydrogens is 456 g/mol. The summed E-state index contributed by atoms with van der Waals surface area (Å²) in [6.07, 6.45) is 0. The van der Waals surface area contributed by atoms with Crippen molar-refractivity contribution in [1.29, 1.82) is 0 Å². The quantitative estimate of drug-likeness (QED) is 0.428. The van der Waals surface area contributed by atoms with Crippen molar-refractivity contribution in [2.75, 3.05) is 31.6 Å². The van der Waals surface area contributed by atoms with Gasteiger partial charge in [0.1, 0.15) is 5.75 Å². The molecule has 9 heteroatoms. The number of rotatable bonds is 6. The number of nitrogens with one attached hydrogen (secondary N) is 1. The van der Waals surface area contributed by atoms with E-state index in [0.29, 0.717) is 24.5 Å². The average Bonchev–Trinajstić information content (AvgIpc) is 2.85. The summed E-state index contributed by atoms with van der Waals surface area (Å²) in [6, 6.07) is 19.3. The van der Waals surface area contributed by atoms with Gasteiger partial charge >= 0.3 is 5.97 Å². The maximum atomic E-state index is 12.9. The Balaban J connectivity index is 1.46. The standard InChI is InChI=1S/C25H24N2O6S/c1-18-8-10-19(11-9-18)24(28)26-21-5-3-6-22(17-21)33-25(29)20-4-2-7-23(16-20)34(30,31)27-12-14-32-15-13-27/h2-11,16-17H,12-15H2,1H3,(H,26,28). The van der Waals surface area contributed by atoms with Crippen molar-refractivity contribution in [1.82, 2.24) is 4.31 Å². The van der Waals surface area contributed by atoms with Crippen LogP contribution in [0.15, 0.2) is 77.7 Å². The first-order chi connectivity index (χ1) is 16.3. The van der Waals surface area contributed by atoms with Crippen LogP contribution in [-0.4, -0.2) is 50.9 Å². The van der Waals surface area contributed by atoms with Gasteiger partial charge in [0.25, 0.3) is 5.91 Å². The second-order valence-electron chi connectivity index (χ2n) is 7.78. The lowest BCUT2D eigenvalue weighted by Crippen LogP contribution is -2.40. The van der Waals surface area contributed by atoms with E-state index in [0.717, 1.165) is 5.56 Å². The number of nitrogens with zero attached hydrogens (tertiary/aromatic N) is 1. The topological polar surface area (TPSA) is 102 Å². The van der Waals surface area contributed by atoms with Crippen molar-refractivity contribution in [3.63, 3.8) is 0 Å². The van der Waals surface area contributed by atoms with E-state index in [4.69, 9.17) is 9.47 Å². The smallest absolute Gasteiger partial charge is 0.343 e. The monoisotopic (exact) mass is 480 g/mol. The zero-order valence-corrected chi connectivity index (χ0v) is 19.4. The number of amides is 1. The lowest BCUT2D eigenvalue weighted by Gasteiger charge is -2.26. The zero-order chi connectivity index (χ0) is 24.1. The summed E-state index contributed by atoms with van der Waals surface area (Å²) >= 11 is 0. The van der Waals surface area contributed by atoms with Crippen molar-refractivity contribution in [3.05, 3.63) is 89.5 Å². The van der Waals surface area contributed by atoms with E-state index >= 15 is 0 Å². The molecule has 0 saturated carbocycles. The third-order valence-electron chi connectivity index (χ3n) is 5.29. The van der Waals surface area contributed by atoms with Gasteiger partial charge < -0.3 is 14.8 Å². The molecule has 1 heterocycles. The minimum atomic E-state index is -3.74. The van der Waals surface area contributed by atoms with E-state index in [2.05, 4.69) is 5.32 Å². The van der Waals surface area contributed by atoms with Crippen LogP contribution in [0, 0.1) is 6.92 Å². The summed E-state index contributed by atoms with van der Waals surface area (Å²) < 4.78 is 37.8. The third-order valence-corrected chi connectivity index (χ3v) is 7.19. The largest absolute Gasteiger partial charge is 0.423 e. The molecule has 0 radical (unpaired) electrons. The summed E-state index contributed by atoms with van der Waals surface area (Å²) in [5.74, 6) is -0.779. The molecule has 1 aliphatic heterocycles. The molecule has 176 valence electrons. The fourth-order valence-corrected chi connectivity index (χ4v) is 4.89. The minimum absolute atomic E-state index is 0.0166.